The van der Waals surface area contributed by atoms with E-state index in [2.05, 4.69) is 10.3 Å². The van der Waals surface area contributed by atoms with Crippen LogP contribution in [0, 0.1) is 5.82 Å². The fourth-order valence-corrected chi connectivity index (χ4v) is 2.22. The zero-order valence-electron chi connectivity index (χ0n) is 10.3. The summed E-state index contributed by atoms with van der Waals surface area (Å²) in [6.07, 6.45) is 0.972. The molecule has 8 heteroatoms. The van der Waals surface area contributed by atoms with Crippen molar-refractivity contribution >= 4 is 35.3 Å². The highest BCUT2D eigenvalue weighted by Crippen LogP contribution is 2.21. The average molecular weight is 314 g/mol. The number of hydrogen-bond donors (Lipinski definition) is 1. The molecule has 1 aromatic carbocycles. The highest BCUT2D eigenvalue weighted by molar-refractivity contribution is 7.97. The van der Waals surface area contributed by atoms with Crippen molar-refractivity contribution < 1.29 is 9.18 Å². The predicted octanol–water partition coefficient (Wildman–Crippen LogP) is 2.55. The predicted molar refractivity (Wildman–Crippen MR) is 75.5 cm³/mol. The number of carbonyl (C=O) groups excluding carboxylic acids is 1. The van der Waals surface area contributed by atoms with Gasteiger partial charge in [0, 0.05) is 16.8 Å². The van der Waals surface area contributed by atoms with E-state index in [4.69, 9.17) is 11.6 Å². The lowest BCUT2D eigenvalue weighted by Gasteiger charge is -2.07. The van der Waals surface area contributed by atoms with Crippen LogP contribution in [0.25, 0.3) is 0 Å². The number of benzene rings is 1. The molecular weight excluding hydrogens is 305 g/mol. The first-order valence-electron chi connectivity index (χ1n) is 5.46. The van der Waals surface area contributed by atoms with Gasteiger partial charge in [0.05, 0.1) is 6.20 Å². The standard InChI is InChI=1S/C12H9ClFN3O2S/c1-7(18)15-11-10(14)6-17(12(19)16-11)20-9-4-2-8(13)3-5-9/h2-6H,1H3,(H,15,16,18,19). The fraction of sp³-hybridized carbons (Fsp3) is 0.0833. The van der Waals surface area contributed by atoms with Crippen molar-refractivity contribution in [2.24, 2.45) is 0 Å². The Balaban J connectivity index is 2.29. The van der Waals surface area contributed by atoms with Crippen LogP contribution < -0.4 is 11.0 Å². The lowest BCUT2D eigenvalue weighted by Crippen LogP contribution is -2.22. The summed E-state index contributed by atoms with van der Waals surface area (Å²) in [6.45, 7) is 1.20. The summed E-state index contributed by atoms with van der Waals surface area (Å²) >= 11 is 6.75. The van der Waals surface area contributed by atoms with Gasteiger partial charge in [-0.25, -0.2) is 13.2 Å². The molecule has 0 aliphatic heterocycles. The molecule has 104 valence electrons. The second-order valence-corrected chi connectivity index (χ2v) is 5.26. The van der Waals surface area contributed by atoms with E-state index in [-0.39, 0.29) is 5.82 Å². The Morgan fingerprint density at radius 2 is 2.05 bits per heavy atom. The monoisotopic (exact) mass is 313 g/mol. The van der Waals surface area contributed by atoms with Crippen LogP contribution in [0.4, 0.5) is 10.2 Å². The molecule has 0 aliphatic rings. The van der Waals surface area contributed by atoms with E-state index in [0.29, 0.717) is 9.92 Å². The quantitative estimate of drug-likeness (QED) is 0.946. The van der Waals surface area contributed by atoms with Crippen LogP contribution in [0.5, 0.6) is 0 Å². The van der Waals surface area contributed by atoms with E-state index in [1.165, 1.54) is 6.92 Å². The molecule has 1 heterocycles. The van der Waals surface area contributed by atoms with Crippen molar-refractivity contribution in [3.05, 3.63) is 51.8 Å². The smallest absolute Gasteiger partial charge is 0.308 e. The zero-order chi connectivity index (χ0) is 14.7. The van der Waals surface area contributed by atoms with Crippen LogP contribution in [-0.2, 0) is 4.79 Å². The first-order chi connectivity index (χ1) is 9.45. The van der Waals surface area contributed by atoms with Gasteiger partial charge < -0.3 is 5.32 Å². The number of nitrogens with one attached hydrogen (secondary N) is 1. The van der Waals surface area contributed by atoms with Crippen molar-refractivity contribution in [1.82, 2.24) is 8.96 Å². The van der Waals surface area contributed by atoms with Crippen molar-refractivity contribution in [3.8, 4) is 0 Å². The molecular formula is C12H9ClFN3O2S. The summed E-state index contributed by atoms with van der Waals surface area (Å²) in [6, 6.07) is 6.70. The van der Waals surface area contributed by atoms with Crippen LogP contribution in [0.2, 0.25) is 5.02 Å². The number of halogens is 2. The van der Waals surface area contributed by atoms with Gasteiger partial charge >= 0.3 is 5.69 Å². The summed E-state index contributed by atoms with van der Waals surface area (Å²) in [4.78, 5) is 26.8. The molecule has 0 aliphatic carbocycles. The molecule has 20 heavy (non-hydrogen) atoms. The molecule has 5 nitrogen and oxygen atoms in total. The Kier molecular flexibility index (Phi) is 4.41. The van der Waals surface area contributed by atoms with Crippen LogP contribution >= 0.6 is 23.5 Å². The Morgan fingerprint density at radius 1 is 1.40 bits per heavy atom. The van der Waals surface area contributed by atoms with Crippen LogP contribution in [0.15, 0.2) is 40.2 Å². The largest absolute Gasteiger partial charge is 0.360 e. The molecule has 1 amide bonds. The number of carbonyl (C=O) groups is 1. The van der Waals surface area contributed by atoms with Crippen LogP contribution in [0.1, 0.15) is 6.92 Å². The third-order valence-corrected chi connectivity index (χ3v) is 3.36. The highest BCUT2D eigenvalue weighted by atomic mass is 35.5. The molecule has 0 spiro atoms. The van der Waals surface area contributed by atoms with Gasteiger partial charge in [-0.05, 0) is 36.2 Å². The molecule has 0 unspecified atom stereocenters. The molecule has 0 saturated carbocycles. The molecule has 0 saturated heterocycles. The highest BCUT2D eigenvalue weighted by Gasteiger charge is 2.10. The summed E-state index contributed by atoms with van der Waals surface area (Å²) < 4.78 is 14.7. The molecule has 2 aromatic rings. The van der Waals surface area contributed by atoms with E-state index >= 15 is 0 Å². The number of aromatic nitrogens is 2. The van der Waals surface area contributed by atoms with Gasteiger partial charge in [0.1, 0.15) is 0 Å². The first-order valence-corrected chi connectivity index (χ1v) is 6.61. The molecule has 0 atom stereocenters. The lowest BCUT2D eigenvalue weighted by molar-refractivity contribution is -0.114. The van der Waals surface area contributed by atoms with Gasteiger partial charge in [-0.2, -0.15) is 4.98 Å². The number of nitrogens with zero attached hydrogens (tertiary/aromatic N) is 2. The average Bonchev–Trinajstić information content (AvgIpc) is 2.37. The zero-order valence-corrected chi connectivity index (χ0v) is 11.8. The summed E-state index contributed by atoms with van der Waals surface area (Å²) in [5.41, 5.74) is -0.685. The summed E-state index contributed by atoms with van der Waals surface area (Å²) in [7, 11) is 0. The second-order valence-electron chi connectivity index (χ2n) is 3.77. The number of amides is 1. The van der Waals surface area contributed by atoms with E-state index < -0.39 is 17.4 Å². The Labute approximate surface area is 122 Å². The van der Waals surface area contributed by atoms with Gasteiger partial charge in [0.2, 0.25) is 5.91 Å². The maximum atomic E-state index is 13.7. The minimum atomic E-state index is -0.790. The first kappa shape index (κ1) is 14.5. The lowest BCUT2D eigenvalue weighted by atomic mass is 10.4. The third kappa shape index (κ3) is 3.58. The van der Waals surface area contributed by atoms with Crippen molar-refractivity contribution in [3.63, 3.8) is 0 Å². The Hall–Kier alpha value is -1.86. The topological polar surface area (TPSA) is 64.0 Å². The number of hydrogen-bond acceptors (Lipinski definition) is 4. The van der Waals surface area contributed by atoms with Gasteiger partial charge in [-0.15, -0.1) is 0 Å². The summed E-state index contributed by atoms with van der Waals surface area (Å²) in [5, 5.41) is 2.71. The van der Waals surface area contributed by atoms with E-state index in [1.807, 2.05) is 0 Å². The molecule has 0 radical (unpaired) electrons. The van der Waals surface area contributed by atoms with E-state index in [1.54, 1.807) is 24.3 Å². The van der Waals surface area contributed by atoms with Crippen LogP contribution in [-0.4, -0.2) is 14.9 Å². The maximum Gasteiger partial charge on any atom is 0.360 e. The third-order valence-electron chi connectivity index (χ3n) is 2.16. The second kappa shape index (κ2) is 6.06. The minimum Gasteiger partial charge on any atom is -0.308 e. The van der Waals surface area contributed by atoms with Crippen molar-refractivity contribution in [1.29, 1.82) is 0 Å². The molecule has 0 fully saturated rings. The molecule has 1 N–H and O–H groups in total. The van der Waals surface area contributed by atoms with Gasteiger partial charge in [0.25, 0.3) is 0 Å². The molecule has 2 rings (SSSR count). The maximum absolute atomic E-state index is 13.7. The number of rotatable bonds is 3. The SMILES string of the molecule is CC(=O)Nc1nc(=O)n(Sc2ccc(Cl)cc2)cc1F. The summed E-state index contributed by atoms with van der Waals surface area (Å²) in [5.74, 6) is -1.67. The fourth-order valence-electron chi connectivity index (χ4n) is 1.35. The van der Waals surface area contributed by atoms with Crippen molar-refractivity contribution in [2.45, 2.75) is 11.8 Å². The minimum absolute atomic E-state index is 0.379. The van der Waals surface area contributed by atoms with E-state index in [0.717, 1.165) is 22.1 Å². The normalized spacial score (nSPS) is 10.3. The Morgan fingerprint density at radius 3 is 2.65 bits per heavy atom. The van der Waals surface area contributed by atoms with Gasteiger partial charge in [0.15, 0.2) is 11.6 Å². The van der Waals surface area contributed by atoms with Gasteiger partial charge in [-0.1, -0.05) is 11.6 Å². The van der Waals surface area contributed by atoms with Gasteiger partial charge in [-0.3, -0.25) is 4.79 Å². The number of anilines is 1. The molecule has 1 aromatic heterocycles. The molecule has 0 bridgehead atoms. The van der Waals surface area contributed by atoms with Crippen LogP contribution in [0.3, 0.4) is 0 Å². The van der Waals surface area contributed by atoms with Crippen molar-refractivity contribution in [2.75, 3.05) is 5.32 Å². The van der Waals surface area contributed by atoms with E-state index in [9.17, 15) is 14.0 Å². The Bertz CT molecular complexity index is 703.